The van der Waals surface area contributed by atoms with Gasteiger partial charge in [0, 0.05) is 42.0 Å². The Bertz CT molecular complexity index is 1650. The molecule has 0 unspecified atom stereocenters. The Kier molecular flexibility index (Phi) is 7.28. The van der Waals surface area contributed by atoms with E-state index in [9.17, 15) is 9.59 Å². The van der Waals surface area contributed by atoms with Crippen LogP contribution < -0.4 is 5.32 Å². The first kappa shape index (κ1) is 29.2. The smallest absolute Gasteiger partial charge is 0.435 e. The molecule has 3 heterocycles. The minimum absolute atomic E-state index is 0.127. The zero-order valence-electron chi connectivity index (χ0n) is 24.7. The number of hydrogen-bond acceptors (Lipinski definition) is 7. The van der Waals surface area contributed by atoms with Crippen LogP contribution in [-0.2, 0) is 16.5 Å². The molecule has 0 saturated heterocycles. The van der Waals surface area contributed by atoms with E-state index in [0.717, 1.165) is 4.68 Å². The van der Waals surface area contributed by atoms with Crippen molar-refractivity contribution in [2.75, 3.05) is 0 Å². The molecule has 0 bridgehead atoms. The molecule has 42 heavy (non-hydrogen) atoms. The first-order valence-electron chi connectivity index (χ1n) is 13.7. The fraction of sp³-hybridized carbons (Fsp3) is 0.433. The van der Waals surface area contributed by atoms with Gasteiger partial charge in [0.25, 0.3) is 0 Å². The first-order valence-corrected chi connectivity index (χ1v) is 13.7. The second kappa shape index (κ2) is 10.5. The highest BCUT2D eigenvalue weighted by Crippen LogP contribution is 2.42. The van der Waals surface area contributed by atoms with Gasteiger partial charge in [0.05, 0.1) is 18.0 Å². The van der Waals surface area contributed by atoms with E-state index in [0.29, 0.717) is 35.0 Å². The number of aryl methyl sites for hydroxylation is 1. The zero-order chi connectivity index (χ0) is 30.6. The summed E-state index contributed by atoms with van der Waals surface area (Å²) in [5.41, 5.74) is 0.0203. The number of fused-ring (bicyclic) bond motifs is 1. The summed E-state index contributed by atoms with van der Waals surface area (Å²) >= 11 is 0. The van der Waals surface area contributed by atoms with E-state index in [4.69, 9.17) is 9.47 Å². The van der Waals surface area contributed by atoms with E-state index < -0.39 is 35.0 Å². The lowest BCUT2D eigenvalue weighted by Crippen LogP contribution is -2.45. The van der Waals surface area contributed by atoms with Crippen LogP contribution in [0.5, 0.6) is 0 Å². The topological polar surface area (TPSA) is 113 Å². The van der Waals surface area contributed by atoms with Crippen molar-refractivity contribution in [3.05, 3.63) is 54.1 Å². The lowest BCUT2D eigenvalue weighted by Gasteiger charge is -2.36. The van der Waals surface area contributed by atoms with E-state index >= 15 is 8.78 Å². The van der Waals surface area contributed by atoms with Gasteiger partial charge in [0.2, 0.25) is 0 Å². The summed E-state index contributed by atoms with van der Waals surface area (Å²) in [6, 6.07) is 2.48. The molecule has 0 aliphatic heterocycles. The molecule has 4 aromatic rings. The summed E-state index contributed by atoms with van der Waals surface area (Å²) < 4.78 is 45.0. The zero-order valence-corrected chi connectivity index (χ0v) is 24.7. The number of nitrogens with zero attached hydrogens (tertiary/aromatic N) is 5. The van der Waals surface area contributed by atoms with Gasteiger partial charge < -0.3 is 14.8 Å². The van der Waals surface area contributed by atoms with E-state index in [1.54, 1.807) is 65.7 Å². The summed E-state index contributed by atoms with van der Waals surface area (Å²) in [5.74, 6) is -1.67. The summed E-state index contributed by atoms with van der Waals surface area (Å²) in [6.07, 6.45) is 5.80. The van der Waals surface area contributed by atoms with E-state index in [1.165, 1.54) is 24.5 Å². The summed E-state index contributed by atoms with van der Waals surface area (Å²) in [4.78, 5) is 29.3. The van der Waals surface area contributed by atoms with Crippen molar-refractivity contribution in [3.8, 4) is 22.4 Å². The molecule has 1 aliphatic rings. The molecule has 1 N–H and O–H groups in total. The van der Waals surface area contributed by atoms with Gasteiger partial charge in [0.15, 0.2) is 0 Å². The van der Waals surface area contributed by atoms with Crippen LogP contribution in [0.1, 0.15) is 65.9 Å². The van der Waals surface area contributed by atoms with Gasteiger partial charge >= 0.3 is 12.2 Å². The van der Waals surface area contributed by atoms with E-state index in [-0.39, 0.29) is 28.6 Å². The highest BCUT2D eigenvalue weighted by molar-refractivity contribution is 6.06. The van der Waals surface area contributed by atoms with Gasteiger partial charge in [-0.1, -0.05) is 0 Å². The van der Waals surface area contributed by atoms with Crippen molar-refractivity contribution in [1.82, 2.24) is 29.9 Å². The van der Waals surface area contributed by atoms with Crippen LogP contribution in [0.2, 0.25) is 0 Å². The maximum Gasteiger partial charge on any atom is 0.435 e. The lowest BCUT2D eigenvalue weighted by atomic mass is 9.75. The summed E-state index contributed by atoms with van der Waals surface area (Å²) in [6.45, 7) is 10.5. The number of nitrogens with one attached hydrogen (secondary N) is 1. The number of amides is 1. The van der Waals surface area contributed by atoms with Gasteiger partial charge in [-0.3, -0.25) is 9.67 Å². The molecule has 1 aliphatic carbocycles. The van der Waals surface area contributed by atoms with Crippen LogP contribution in [0.15, 0.2) is 36.9 Å². The average Bonchev–Trinajstić information content (AvgIpc) is 3.42. The molecule has 1 saturated carbocycles. The van der Waals surface area contributed by atoms with Crippen molar-refractivity contribution in [2.24, 2.45) is 7.05 Å². The van der Waals surface area contributed by atoms with Crippen molar-refractivity contribution >= 4 is 23.1 Å². The monoisotopic (exact) mass is 580 g/mol. The van der Waals surface area contributed by atoms with E-state index in [2.05, 4.69) is 20.5 Å². The van der Waals surface area contributed by atoms with Gasteiger partial charge in [-0.05, 0) is 78.0 Å². The first-order chi connectivity index (χ1) is 19.6. The fourth-order valence-electron chi connectivity index (χ4n) is 5.01. The average molecular weight is 581 g/mol. The normalized spacial score (nSPS) is 17.2. The maximum atomic E-state index is 15.8. The largest absolute Gasteiger partial charge is 0.444 e. The highest BCUT2D eigenvalue weighted by Gasteiger charge is 2.34. The fourth-order valence-corrected chi connectivity index (χ4v) is 5.01. The van der Waals surface area contributed by atoms with Crippen LogP contribution >= 0.6 is 0 Å². The molecule has 1 aromatic carbocycles. The van der Waals surface area contributed by atoms with Crippen LogP contribution in [0.3, 0.4) is 0 Å². The number of alkyl carbamates (subject to hydrolysis) is 1. The SMILES string of the molecule is Cn1cc(-c2nn(C(=O)OC(C)(C)C)c3cncc(-c4c(F)cc(C5CC(NC(=O)OC(C)(C)C)C5)cc4F)c23)cn1. The predicted molar refractivity (Wildman–Crippen MR) is 152 cm³/mol. The third kappa shape index (κ3) is 5.97. The van der Waals surface area contributed by atoms with Crippen molar-refractivity contribution in [3.63, 3.8) is 0 Å². The van der Waals surface area contributed by atoms with Gasteiger partial charge in [-0.15, -0.1) is 0 Å². The van der Waals surface area contributed by atoms with Gasteiger partial charge in [-0.25, -0.2) is 18.4 Å². The molecular formula is C30H34F2N6O4. The molecule has 5 rings (SSSR count). The second-order valence-corrected chi connectivity index (χ2v) is 12.6. The molecule has 1 amide bonds. The molecule has 0 atom stereocenters. The second-order valence-electron chi connectivity index (χ2n) is 12.6. The Labute approximate surface area is 242 Å². The Morgan fingerprint density at radius 1 is 0.976 bits per heavy atom. The van der Waals surface area contributed by atoms with Crippen molar-refractivity contribution in [1.29, 1.82) is 0 Å². The number of carbonyl (C=O) groups excluding carboxylic acids is 2. The molecular weight excluding hydrogens is 546 g/mol. The molecule has 10 nitrogen and oxygen atoms in total. The number of ether oxygens (including phenoxy) is 2. The third-order valence-corrected chi connectivity index (χ3v) is 6.80. The quantitative estimate of drug-likeness (QED) is 0.300. The molecule has 12 heteroatoms. The van der Waals surface area contributed by atoms with Crippen molar-refractivity contribution in [2.45, 2.75) is 77.5 Å². The number of carbonyl (C=O) groups is 2. The molecule has 0 radical (unpaired) electrons. The number of benzene rings is 1. The number of aromatic nitrogens is 5. The van der Waals surface area contributed by atoms with Gasteiger partial charge in [0.1, 0.15) is 34.0 Å². The predicted octanol–water partition coefficient (Wildman–Crippen LogP) is 6.33. The number of pyridine rings is 1. The number of rotatable bonds is 4. The Balaban J connectivity index is 1.50. The molecule has 1 fully saturated rings. The van der Waals surface area contributed by atoms with Gasteiger partial charge in [-0.2, -0.15) is 14.9 Å². The van der Waals surface area contributed by atoms with Crippen molar-refractivity contribution < 1.29 is 27.8 Å². The Hall–Kier alpha value is -4.35. The summed E-state index contributed by atoms with van der Waals surface area (Å²) in [5, 5.41) is 11.8. The number of halogens is 2. The standard InChI is InChI=1S/C30H34F2N6O4/c1-29(2,3)41-27(39)35-19-8-16(9-19)17-10-21(31)24(22(32)11-17)20-13-33-14-23-25(20)26(18-12-34-37(7)15-18)36-38(23)28(40)42-30(4,5)6/h10-16,19H,8-9H2,1-7H3,(H,35,39). The third-order valence-electron chi connectivity index (χ3n) is 6.80. The minimum atomic E-state index is -0.800. The van der Waals surface area contributed by atoms with Crippen LogP contribution in [0.4, 0.5) is 18.4 Å². The lowest BCUT2D eigenvalue weighted by molar-refractivity contribution is 0.0468. The maximum absolute atomic E-state index is 15.8. The minimum Gasteiger partial charge on any atom is -0.444 e. The van der Waals surface area contributed by atoms with Crippen LogP contribution in [0, 0.1) is 11.6 Å². The summed E-state index contributed by atoms with van der Waals surface area (Å²) in [7, 11) is 1.73. The van der Waals surface area contributed by atoms with Crippen LogP contribution in [-0.4, -0.2) is 54.0 Å². The Morgan fingerprint density at radius 3 is 2.19 bits per heavy atom. The van der Waals surface area contributed by atoms with E-state index in [1.807, 2.05) is 0 Å². The molecule has 222 valence electrons. The Morgan fingerprint density at radius 2 is 1.62 bits per heavy atom. The highest BCUT2D eigenvalue weighted by atomic mass is 19.1. The number of hydrogen-bond donors (Lipinski definition) is 1. The van der Waals surface area contributed by atoms with Crippen LogP contribution in [0.25, 0.3) is 33.3 Å². The molecule has 3 aromatic heterocycles. The molecule has 0 spiro atoms.